The molecule has 0 fully saturated rings. The summed E-state index contributed by atoms with van der Waals surface area (Å²) in [7, 11) is 4.12. The first kappa shape index (κ1) is 15.2. The predicted molar refractivity (Wildman–Crippen MR) is 104 cm³/mol. The third kappa shape index (κ3) is 2.57. The van der Waals surface area contributed by atoms with Crippen LogP contribution in [0.1, 0.15) is 29.2 Å². The van der Waals surface area contributed by atoms with Crippen LogP contribution in [0.25, 0.3) is 5.70 Å². The highest BCUT2D eigenvalue weighted by Gasteiger charge is 2.30. The van der Waals surface area contributed by atoms with Crippen molar-refractivity contribution in [1.82, 2.24) is 10.6 Å². The van der Waals surface area contributed by atoms with Crippen molar-refractivity contribution < 1.29 is 0 Å². The maximum atomic E-state index is 5.48. The molecule has 0 amide bonds. The first-order valence-corrected chi connectivity index (χ1v) is 8.70. The molecule has 4 heteroatoms. The van der Waals surface area contributed by atoms with Gasteiger partial charge in [-0.1, -0.05) is 36.4 Å². The van der Waals surface area contributed by atoms with Crippen molar-refractivity contribution in [2.24, 2.45) is 0 Å². The van der Waals surface area contributed by atoms with Crippen LogP contribution in [-0.2, 0) is 6.42 Å². The number of hydrogen-bond acceptors (Lipinski definition) is 2. The van der Waals surface area contributed by atoms with E-state index in [1.807, 2.05) is 0 Å². The van der Waals surface area contributed by atoms with E-state index in [-0.39, 0.29) is 6.04 Å². The van der Waals surface area contributed by atoms with Gasteiger partial charge >= 0.3 is 0 Å². The molecule has 0 saturated carbocycles. The SMILES string of the molecule is CN(C)c1ccc(C2NC(=S)NC3=C2CCc2ccccc23)cc1. The van der Waals surface area contributed by atoms with Crippen molar-refractivity contribution in [3.8, 4) is 0 Å². The molecule has 2 aliphatic rings. The number of aryl methyl sites for hydroxylation is 1. The van der Waals surface area contributed by atoms with E-state index in [4.69, 9.17) is 12.2 Å². The molecule has 1 heterocycles. The molecule has 0 radical (unpaired) electrons. The first-order valence-electron chi connectivity index (χ1n) is 8.29. The summed E-state index contributed by atoms with van der Waals surface area (Å²) in [5.74, 6) is 0. The third-order valence-electron chi connectivity index (χ3n) is 4.88. The first-order chi connectivity index (χ1) is 11.6. The topological polar surface area (TPSA) is 27.3 Å². The fourth-order valence-corrected chi connectivity index (χ4v) is 3.82. The molecule has 1 aliphatic heterocycles. The van der Waals surface area contributed by atoms with Crippen molar-refractivity contribution >= 4 is 28.7 Å². The van der Waals surface area contributed by atoms with Gasteiger partial charge < -0.3 is 15.5 Å². The van der Waals surface area contributed by atoms with Gasteiger partial charge in [0, 0.05) is 31.0 Å². The average molecular weight is 335 g/mol. The van der Waals surface area contributed by atoms with Gasteiger partial charge in [0.2, 0.25) is 0 Å². The minimum Gasteiger partial charge on any atom is -0.378 e. The van der Waals surface area contributed by atoms with Crippen molar-refractivity contribution in [1.29, 1.82) is 0 Å². The van der Waals surface area contributed by atoms with Crippen molar-refractivity contribution in [2.45, 2.75) is 18.9 Å². The van der Waals surface area contributed by atoms with Crippen molar-refractivity contribution in [2.75, 3.05) is 19.0 Å². The molecular formula is C20H21N3S. The lowest BCUT2D eigenvalue weighted by molar-refractivity contribution is 0.667. The lowest BCUT2D eigenvalue weighted by Crippen LogP contribution is -2.44. The summed E-state index contributed by atoms with van der Waals surface area (Å²) in [6, 6.07) is 17.5. The van der Waals surface area contributed by atoms with E-state index in [2.05, 4.69) is 78.2 Å². The van der Waals surface area contributed by atoms with E-state index in [9.17, 15) is 0 Å². The molecule has 2 N–H and O–H groups in total. The summed E-state index contributed by atoms with van der Waals surface area (Å²) in [4.78, 5) is 2.12. The van der Waals surface area contributed by atoms with Crippen LogP contribution in [0.15, 0.2) is 54.1 Å². The monoisotopic (exact) mass is 335 g/mol. The van der Waals surface area contributed by atoms with Gasteiger partial charge in [-0.3, -0.25) is 0 Å². The van der Waals surface area contributed by atoms with Crippen LogP contribution < -0.4 is 15.5 Å². The van der Waals surface area contributed by atoms with E-state index in [1.54, 1.807) is 0 Å². The lowest BCUT2D eigenvalue weighted by Gasteiger charge is -2.36. The van der Waals surface area contributed by atoms with Gasteiger partial charge in [-0.15, -0.1) is 0 Å². The Kier molecular flexibility index (Phi) is 3.77. The smallest absolute Gasteiger partial charge is 0.171 e. The van der Waals surface area contributed by atoms with Crippen LogP contribution in [0.3, 0.4) is 0 Å². The van der Waals surface area contributed by atoms with Crippen molar-refractivity contribution in [3.63, 3.8) is 0 Å². The highest BCUT2D eigenvalue weighted by Crippen LogP contribution is 2.38. The molecule has 4 rings (SSSR count). The van der Waals surface area contributed by atoms with Gasteiger partial charge in [-0.25, -0.2) is 0 Å². The second kappa shape index (κ2) is 5.95. The largest absolute Gasteiger partial charge is 0.378 e. The molecular weight excluding hydrogens is 314 g/mol. The number of benzene rings is 2. The zero-order chi connectivity index (χ0) is 16.7. The fourth-order valence-electron chi connectivity index (χ4n) is 3.60. The summed E-state index contributed by atoms with van der Waals surface area (Å²) >= 11 is 5.48. The Labute approximate surface area is 148 Å². The molecule has 0 spiro atoms. The highest BCUT2D eigenvalue weighted by atomic mass is 32.1. The minimum absolute atomic E-state index is 0.151. The summed E-state index contributed by atoms with van der Waals surface area (Å²) in [6.45, 7) is 0. The maximum Gasteiger partial charge on any atom is 0.171 e. The third-order valence-corrected chi connectivity index (χ3v) is 5.10. The minimum atomic E-state index is 0.151. The van der Waals surface area contributed by atoms with Gasteiger partial charge in [-0.05, 0) is 53.9 Å². The molecule has 2 aromatic carbocycles. The molecule has 0 bridgehead atoms. The molecule has 122 valence electrons. The Morgan fingerprint density at radius 1 is 1.00 bits per heavy atom. The number of nitrogens with zero attached hydrogens (tertiary/aromatic N) is 1. The Morgan fingerprint density at radius 3 is 2.50 bits per heavy atom. The van der Waals surface area contributed by atoms with Gasteiger partial charge in [0.1, 0.15) is 0 Å². The van der Waals surface area contributed by atoms with E-state index in [1.165, 1.54) is 33.6 Å². The standard InChI is InChI=1S/C20H21N3S/c1-23(2)15-10-7-14(8-11-15)18-17-12-9-13-5-3-4-6-16(13)19(17)22-20(24)21-18/h3-8,10-11,18H,9,12H2,1-2H3,(H2,21,22,24). The molecule has 0 saturated heterocycles. The number of rotatable bonds is 2. The normalized spacial score (nSPS) is 19.1. The number of anilines is 1. The van der Waals surface area contributed by atoms with Crippen LogP contribution in [0.2, 0.25) is 0 Å². The van der Waals surface area contributed by atoms with Gasteiger partial charge in [0.05, 0.1) is 6.04 Å². The maximum absolute atomic E-state index is 5.48. The Morgan fingerprint density at radius 2 is 1.75 bits per heavy atom. The second-order valence-corrected chi connectivity index (χ2v) is 6.98. The van der Waals surface area contributed by atoms with Crippen LogP contribution in [0.5, 0.6) is 0 Å². The molecule has 3 nitrogen and oxygen atoms in total. The summed E-state index contributed by atoms with van der Waals surface area (Å²) in [5, 5.41) is 7.56. The molecule has 1 atom stereocenters. The van der Waals surface area contributed by atoms with E-state index in [0.29, 0.717) is 5.11 Å². The highest BCUT2D eigenvalue weighted by molar-refractivity contribution is 7.80. The molecule has 2 aromatic rings. The predicted octanol–water partition coefficient (Wildman–Crippen LogP) is 3.63. The quantitative estimate of drug-likeness (QED) is 0.820. The van der Waals surface area contributed by atoms with Crippen LogP contribution >= 0.6 is 12.2 Å². The summed E-state index contributed by atoms with van der Waals surface area (Å²) in [5.41, 5.74) is 7.75. The molecule has 0 aromatic heterocycles. The van der Waals surface area contributed by atoms with Crippen LogP contribution in [0.4, 0.5) is 5.69 Å². The van der Waals surface area contributed by atoms with E-state index >= 15 is 0 Å². The molecule has 1 unspecified atom stereocenters. The Hall–Kier alpha value is -2.33. The number of nitrogens with one attached hydrogen (secondary N) is 2. The zero-order valence-corrected chi connectivity index (χ0v) is 14.8. The van der Waals surface area contributed by atoms with Crippen molar-refractivity contribution in [3.05, 3.63) is 70.8 Å². The van der Waals surface area contributed by atoms with Gasteiger partial charge in [-0.2, -0.15) is 0 Å². The van der Waals surface area contributed by atoms with Crippen LogP contribution in [0, 0.1) is 0 Å². The summed E-state index contributed by atoms with van der Waals surface area (Å²) in [6.07, 6.45) is 2.13. The molecule has 1 aliphatic carbocycles. The van der Waals surface area contributed by atoms with E-state index in [0.717, 1.165) is 12.8 Å². The average Bonchev–Trinajstić information content (AvgIpc) is 2.61. The Bertz CT molecular complexity index is 821. The number of fused-ring (bicyclic) bond motifs is 2. The summed E-state index contributed by atoms with van der Waals surface area (Å²) < 4.78 is 0. The van der Waals surface area contributed by atoms with Crippen LogP contribution in [-0.4, -0.2) is 19.2 Å². The van der Waals surface area contributed by atoms with Gasteiger partial charge in [0.15, 0.2) is 5.11 Å². The number of thiocarbonyl (C=S) groups is 1. The number of hydrogen-bond donors (Lipinski definition) is 2. The fraction of sp³-hybridized carbons (Fsp3) is 0.250. The molecule has 24 heavy (non-hydrogen) atoms. The van der Waals surface area contributed by atoms with Gasteiger partial charge in [0.25, 0.3) is 0 Å². The second-order valence-electron chi connectivity index (χ2n) is 6.57. The van der Waals surface area contributed by atoms with E-state index < -0.39 is 0 Å². The zero-order valence-electron chi connectivity index (χ0n) is 14.0. The lowest BCUT2D eigenvalue weighted by atomic mass is 9.83. The Balaban J connectivity index is 1.77.